The van der Waals surface area contributed by atoms with Gasteiger partial charge in [0.05, 0.1) is 5.56 Å². The van der Waals surface area contributed by atoms with Crippen molar-refractivity contribution in [2.75, 3.05) is 0 Å². The molecule has 3 heteroatoms. The Morgan fingerprint density at radius 3 is 2.30 bits per heavy atom. The van der Waals surface area contributed by atoms with Gasteiger partial charge in [0, 0.05) is 31.0 Å². The summed E-state index contributed by atoms with van der Waals surface area (Å²) < 4.78 is 5.72. The Morgan fingerprint density at radius 2 is 1.75 bits per heavy atom. The number of esters is 1. The van der Waals surface area contributed by atoms with Crippen LogP contribution in [0.4, 0.5) is 0 Å². The second-order valence-corrected chi connectivity index (χ2v) is 6.29. The zero-order valence-electron chi connectivity index (χ0n) is 12.3. The first-order valence-corrected chi connectivity index (χ1v) is 7.68. The molecule has 0 aromatic heterocycles. The van der Waals surface area contributed by atoms with E-state index in [9.17, 15) is 4.79 Å². The van der Waals surface area contributed by atoms with Gasteiger partial charge in [0.2, 0.25) is 0 Å². The van der Waals surface area contributed by atoms with Gasteiger partial charge >= 0.3 is 5.97 Å². The Kier molecular flexibility index (Phi) is 3.79. The second kappa shape index (κ2) is 5.57. The van der Waals surface area contributed by atoms with E-state index in [0.29, 0.717) is 23.7 Å². The highest BCUT2D eigenvalue weighted by Gasteiger charge is 2.42. The highest BCUT2D eigenvalue weighted by atomic mass is 16.5. The summed E-state index contributed by atoms with van der Waals surface area (Å²) in [5.74, 6) is -0.173. The Labute approximate surface area is 120 Å². The number of carbonyl (C=O) groups excluding carboxylic acids is 1. The van der Waals surface area contributed by atoms with Gasteiger partial charge in [-0.1, -0.05) is 18.2 Å². The molecule has 2 bridgehead atoms. The Bertz CT molecular complexity index is 457. The monoisotopic (exact) mass is 273 g/mol. The fourth-order valence-electron chi connectivity index (χ4n) is 3.90. The third kappa shape index (κ3) is 2.59. The molecule has 3 nitrogen and oxygen atoms in total. The van der Waals surface area contributed by atoms with E-state index in [1.165, 1.54) is 12.8 Å². The maximum atomic E-state index is 12.1. The number of piperidine rings is 1. The van der Waals surface area contributed by atoms with Gasteiger partial charge in [0.1, 0.15) is 6.10 Å². The smallest absolute Gasteiger partial charge is 0.338 e. The summed E-state index contributed by atoms with van der Waals surface area (Å²) in [6.07, 6.45) is 4.58. The molecule has 1 aromatic carbocycles. The van der Waals surface area contributed by atoms with Gasteiger partial charge in [0.25, 0.3) is 0 Å². The molecule has 0 spiro atoms. The minimum absolute atomic E-state index is 0.0928. The fraction of sp³-hybridized carbons (Fsp3) is 0.588. The topological polar surface area (TPSA) is 29.5 Å². The van der Waals surface area contributed by atoms with Crippen LogP contribution < -0.4 is 0 Å². The van der Waals surface area contributed by atoms with Gasteiger partial charge in [-0.2, -0.15) is 0 Å². The van der Waals surface area contributed by atoms with Gasteiger partial charge < -0.3 is 4.74 Å². The molecule has 108 valence electrons. The number of carbonyl (C=O) groups is 1. The Morgan fingerprint density at radius 1 is 1.15 bits per heavy atom. The van der Waals surface area contributed by atoms with Crippen molar-refractivity contribution in [2.24, 2.45) is 0 Å². The van der Waals surface area contributed by atoms with Gasteiger partial charge in [-0.3, -0.25) is 4.90 Å². The molecule has 2 fully saturated rings. The molecule has 0 radical (unpaired) electrons. The molecule has 0 aliphatic carbocycles. The molecule has 1 aromatic rings. The summed E-state index contributed by atoms with van der Waals surface area (Å²) in [6.45, 7) is 4.53. The third-order valence-corrected chi connectivity index (χ3v) is 4.63. The summed E-state index contributed by atoms with van der Waals surface area (Å²) in [4.78, 5) is 14.7. The Balaban J connectivity index is 1.63. The van der Waals surface area contributed by atoms with Gasteiger partial charge in [0.15, 0.2) is 0 Å². The molecule has 3 rings (SSSR count). The molecular weight excluding hydrogens is 250 g/mol. The quantitative estimate of drug-likeness (QED) is 0.792. The molecule has 0 N–H and O–H groups in total. The van der Waals surface area contributed by atoms with E-state index in [1.54, 1.807) is 0 Å². The largest absolute Gasteiger partial charge is 0.459 e. The molecule has 0 saturated carbocycles. The summed E-state index contributed by atoms with van der Waals surface area (Å²) in [6, 6.07) is 11.1. The zero-order chi connectivity index (χ0) is 14.1. The molecule has 2 atom stereocenters. The van der Waals surface area contributed by atoms with Crippen LogP contribution >= 0.6 is 0 Å². The summed E-state index contributed by atoms with van der Waals surface area (Å²) in [5, 5.41) is 0. The number of hydrogen-bond acceptors (Lipinski definition) is 3. The molecule has 2 aliphatic heterocycles. The second-order valence-electron chi connectivity index (χ2n) is 6.29. The van der Waals surface area contributed by atoms with E-state index in [1.807, 2.05) is 30.3 Å². The van der Waals surface area contributed by atoms with Gasteiger partial charge in [-0.05, 0) is 38.8 Å². The molecular formula is C17H23NO2. The third-order valence-electron chi connectivity index (χ3n) is 4.63. The van der Waals surface area contributed by atoms with Crippen molar-refractivity contribution in [1.82, 2.24) is 4.90 Å². The summed E-state index contributed by atoms with van der Waals surface area (Å²) in [5.41, 5.74) is 0.658. The lowest BCUT2D eigenvalue weighted by Gasteiger charge is -2.41. The first-order chi connectivity index (χ1) is 9.65. The van der Waals surface area contributed by atoms with E-state index in [4.69, 9.17) is 4.74 Å². The number of nitrogens with zero attached hydrogens (tertiary/aromatic N) is 1. The van der Waals surface area contributed by atoms with Crippen molar-refractivity contribution in [2.45, 2.75) is 63.8 Å². The van der Waals surface area contributed by atoms with Crippen LogP contribution in [0.3, 0.4) is 0 Å². The first kappa shape index (κ1) is 13.6. The molecule has 20 heavy (non-hydrogen) atoms. The maximum absolute atomic E-state index is 12.1. The zero-order valence-corrected chi connectivity index (χ0v) is 12.3. The van der Waals surface area contributed by atoms with Crippen molar-refractivity contribution < 1.29 is 9.53 Å². The van der Waals surface area contributed by atoms with Crippen molar-refractivity contribution in [1.29, 1.82) is 0 Å². The number of fused-ring (bicyclic) bond motifs is 2. The lowest BCUT2D eigenvalue weighted by molar-refractivity contribution is -0.0134. The van der Waals surface area contributed by atoms with Crippen LogP contribution in [0.1, 0.15) is 49.9 Å². The lowest BCUT2D eigenvalue weighted by Crippen LogP contribution is -2.49. The minimum atomic E-state index is -0.173. The average molecular weight is 273 g/mol. The van der Waals surface area contributed by atoms with Gasteiger partial charge in [-0.25, -0.2) is 4.79 Å². The lowest BCUT2D eigenvalue weighted by atomic mass is 9.98. The van der Waals surface area contributed by atoms with Crippen LogP contribution in [-0.4, -0.2) is 35.1 Å². The van der Waals surface area contributed by atoms with Crippen LogP contribution in [0.15, 0.2) is 30.3 Å². The minimum Gasteiger partial charge on any atom is -0.459 e. The number of hydrogen-bond donors (Lipinski definition) is 0. The standard InChI is InChI=1S/C17H23NO2/c1-12(2)18-14-8-9-15(18)11-16(10-14)20-17(19)13-6-4-3-5-7-13/h3-7,12,14-16H,8-11H2,1-2H3/t14-,15-/m0/s1. The van der Waals surface area contributed by atoms with Crippen LogP contribution in [0.2, 0.25) is 0 Å². The van der Waals surface area contributed by atoms with Crippen molar-refractivity contribution >= 4 is 5.97 Å². The first-order valence-electron chi connectivity index (χ1n) is 7.68. The van der Waals surface area contributed by atoms with E-state index >= 15 is 0 Å². The normalized spacial score (nSPS) is 29.6. The van der Waals surface area contributed by atoms with Gasteiger partial charge in [-0.15, -0.1) is 0 Å². The number of benzene rings is 1. The SMILES string of the molecule is CC(C)N1[C@H]2CC[C@H]1CC(OC(=O)c1ccccc1)C2. The predicted molar refractivity (Wildman–Crippen MR) is 78.7 cm³/mol. The molecule has 2 heterocycles. The molecule has 0 unspecified atom stereocenters. The van der Waals surface area contributed by atoms with Crippen LogP contribution in [0.5, 0.6) is 0 Å². The average Bonchev–Trinajstić information content (AvgIpc) is 2.72. The summed E-state index contributed by atoms with van der Waals surface area (Å²) >= 11 is 0. The Hall–Kier alpha value is -1.35. The van der Waals surface area contributed by atoms with E-state index < -0.39 is 0 Å². The van der Waals surface area contributed by atoms with Crippen molar-refractivity contribution in [3.05, 3.63) is 35.9 Å². The van der Waals surface area contributed by atoms with E-state index in [0.717, 1.165) is 12.8 Å². The van der Waals surface area contributed by atoms with Crippen molar-refractivity contribution in [3.63, 3.8) is 0 Å². The fourth-order valence-corrected chi connectivity index (χ4v) is 3.90. The number of rotatable bonds is 3. The highest BCUT2D eigenvalue weighted by molar-refractivity contribution is 5.89. The van der Waals surface area contributed by atoms with Crippen LogP contribution in [0.25, 0.3) is 0 Å². The highest BCUT2D eigenvalue weighted by Crippen LogP contribution is 2.38. The van der Waals surface area contributed by atoms with Crippen LogP contribution in [0, 0.1) is 0 Å². The van der Waals surface area contributed by atoms with E-state index in [-0.39, 0.29) is 12.1 Å². The maximum Gasteiger partial charge on any atom is 0.338 e. The van der Waals surface area contributed by atoms with Crippen LogP contribution in [-0.2, 0) is 4.74 Å². The summed E-state index contributed by atoms with van der Waals surface area (Å²) in [7, 11) is 0. The predicted octanol–water partition coefficient (Wildman–Crippen LogP) is 3.25. The molecule has 2 aliphatic rings. The molecule has 0 amide bonds. The molecule has 2 saturated heterocycles. The van der Waals surface area contributed by atoms with E-state index in [2.05, 4.69) is 18.7 Å². The van der Waals surface area contributed by atoms with Crippen molar-refractivity contribution in [3.8, 4) is 0 Å². The number of ether oxygens (including phenoxy) is 1.